The summed E-state index contributed by atoms with van der Waals surface area (Å²) in [6, 6.07) is 4.60. The van der Waals surface area contributed by atoms with Gasteiger partial charge in [-0.3, -0.25) is 14.0 Å². The lowest BCUT2D eigenvalue weighted by atomic mass is 10.1. The predicted octanol–water partition coefficient (Wildman–Crippen LogP) is 3.51. The number of fused-ring (bicyclic) bond motifs is 2. The first-order chi connectivity index (χ1) is 18.3. The number of nitrogens with two attached hydrogens (primary N) is 1. The summed E-state index contributed by atoms with van der Waals surface area (Å²) >= 11 is 0. The molecular formula is C25H27FN7O4P. The van der Waals surface area contributed by atoms with Gasteiger partial charge in [0.05, 0.1) is 35.5 Å². The van der Waals surface area contributed by atoms with Crippen molar-refractivity contribution in [3.8, 4) is 11.3 Å². The number of aryl methyl sites for hydroxylation is 2. The molecule has 4 unspecified atom stereocenters. The zero-order valence-electron chi connectivity index (χ0n) is 21.0. The topological polar surface area (TPSA) is 150 Å². The molecule has 2 saturated heterocycles. The second-order valence-electron chi connectivity index (χ2n) is 8.98. The molecule has 0 aliphatic carbocycles. The molecule has 4 N–H and O–H groups in total. The second-order valence-corrected chi connectivity index (χ2v) is 11.2. The summed E-state index contributed by atoms with van der Waals surface area (Å²) in [6.45, 7) is 4.13. The molecule has 4 atom stereocenters. The first kappa shape index (κ1) is 25.9. The number of imidazole rings is 1. The summed E-state index contributed by atoms with van der Waals surface area (Å²) < 4.78 is 26.5. The minimum absolute atomic E-state index is 0.143. The molecule has 2 aliphatic rings. The molecule has 6 rings (SSSR count). The lowest BCUT2D eigenvalue weighted by Gasteiger charge is -2.43. The third-order valence-corrected chi connectivity index (χ3v) is 9.35. The molecule has 2 aliphatic heterocycles. The van der Waals surface area contributed by atoms with Crippen LogP contribution in [-0.4, -0.2) is 62.6 Å². The van der Waals surface area contributed by atoms with Crippen molar-refractivity contribution < 1.29 is 22.9 Å². The first-order valence-electron chi connectivity index (χ1n) is 12.0. The van der Waals surface area contributed by atoms with E-state index < -0.39 is 8.15 Å². The van der Waals surface area contributed by atoms with Crippen LogP contribution in [0.15, 0.2) is 41.2 Å². The Kier molecular flexibility index (Phi) is 7.20. The molecule has 1 amide bonds. The molecule has 0 spiro atoms. The second kappa shape index (κ2) is 10.6. The van der Waals surface area contributed by atoms with Crippen LogP contribution < -0.4 is 16.4 Å². The Balaban J connectivity index is 0.000000278. The Morgan fingerprint density at radius 1 is 1.26 bits per heavy atom. The fourth-order valence-corrected chi connectivity index (χ4v) is 7.05. The van der Waals surface area contributed by atoms with Crippen LogP contribution in [-0.2, 0) is 9.32 Å². The summed E-state index contributed by atoms with van der Waals surface area (Å²) in [5, 5.41) is 5.87. The number of carbonyl (C=O) groups excluding carboxylic acids is 2. The van der Waals surface area contributed by atoms with Gasteiger partial charge in [0.1, 0.15) is 5.82 Å². The van der Waals surface area contributed by atoms with Crippen LogP contribution in [0.4, 0.5) is 15.8 Å². The van der Waals surface area contributed by atoms with Crippen LogP contribution in [0, 0.1) is 19.7 Å². The highest BCUT2D eigenvalue weighted by atomic mass is 31.1. The van der Waals surface area contributed by atoms with Crippen molar-refractivity contribution in [3.63, 3.8) is 0 Å². The quantitative estimate of drug-likeness (QED) is 0.256. The van der Waals surface area contributed by atoms with Crippen LogP contribution in [0.25, 0.3) is 17.0 Å². The third-order valence-electron chi connectivity index (χ3n) is 6.49. The average Bonchev–Trinajstić information content (AvgIpc) is 3.60. The summed E-state index contributed by atoms with van der Waals surface area (Å²) in [5.74, 6) is 0.766. The van der Waals surface area contributed by atoms with E-state index in [-0.39, 0.29) is 23.4 Å². The van der Waals surface area contributed by atoms with Crippen molar-refractivity contribution in [2.75, 3.05) is 24.3 Å². The fraction of sp³-hybridized carbons (Fsp3) is 0.320. The summed E-state index contributed by atoms with van der Waals surface area (Å²) in [5.41, 5.74) is 9.01. The Morgan fingerprint density at radius 3 is 2.76 bits per heavy atom. The number of benzene rings is 1. The Labute approximate surface area is 218 Å². The molecule has 198 valence electrons. The van der Waals surface area contributed by atoms with Crippen molar-refractivity contribution in [1.29, 1.82) is 0 Å². The maximum atomic E-state index is 14.3. The van der Waals surface area contributed by atoms with E-state index in [9.17, 15) is 14.0 Å². The van der Waals surface area contributed by atoms with Gasteiger partial charge in [0, 0.05) is 57.5 Å². The number of rotatable bonds is 5. The molecule has 1 aromatic carbocycles. The standard InChI is InChI=1S/C19H20FN6O2P.C6H7NO2/c1-22-10-2-3-13(20)12(6-10)14-9-26-8-11(7-23-19(26)25-14)24-18(27)17-16(21)15-4-5-28-29(15)17;1-4-6(3-8)9-5(2)7-4/h2-3,6-9,15-17,22H,4-5,21H2,1H3,(H,24,27);3H,1-2H3. The van der Waals surface area contributed by atoms with Crippen molar-refractivity contribution in [3.05, 3.63) is 60.0 Å². The first-order valence-corrected chi connectivity index (χ1v) is 13.4. The highest BCUT2D eigenvalue weighted by Crippen LogP contribution is 2.64. The molecular weight excluding hydrogens is 512 g/mol. The minimum atomic E-state index is -0.778. The van der Waals surface area contributed by atoms with Gasteiger partial charge < -0.3 is 25.3 Å². The van der Waals surface area contributed by atoms with E-state index in [4.69, 9.17) is 14.7 Å². The zero-order chi connectivity index (χ0) is 27.0. The lowest BCUT2D eigenvalue weighted by molar-refractivity contribution is -0.116. The number of aldehydes is 1. The Morgan fingerprint density at radius 2 is 2.08 bits per heavy atom. The van der Waals surface area contributed by atoms with Crippen LogP contribution in [0.3, 0.4) is 0 Å². The molecule has 3 aromatic heterocycles. The van der Waals surface area contributed by atoms with E-state index in [0.29, 0.717) is 58.6 Å². The van der Waals surface area contributed by atoms with Crippen LogP contribution in [0.1, 0.15) is 28.6 Å². The number of carbonyl (C=O) groups is 2. The monoisotopic (exact) mass is 539 g/mol. The van der Waals surface area contributed by atoms with Gasteiger partial charge in [-0.25, -0.2) is 19.3 Å². The molecule has 13 heteroatoms. The van der Waals surface area contributed by atoms with E-state index >= 15 is 0 Å². The molecule has 11 nitrogen and oxygen atoms in total. The average molecular weight is 540 g/mol. The lowest BCUT2D eigenvalue weighted by Crippen LogP contribution is -2.57. The van der Waals surface area contributed by atoms with Gasteiger partial charge >= 0.3 is 0 Å². The van der Waals surface area contributed by atoms with Gasteiger partial charge in [0.15, 0.2) is 17.9 Å². The van der Waals surface area contributed by atoms with Crippen LogP contribution in [0.2, 0.25) is 0 Å². The smallest absolute Gasteiger partial charge is 0.235 e. The summed E-state index contributed by atoms with van der Waals surface area (Å²) in [7, 11) is 0.992. The van der Waals surface area contributed by atoms with Gasteiger partial charge in [-0.2, -0.15) is 0 Å². The Bertz CT molecular complexity index is 1510. The molecule has 0 bridgehead atoms. The molecule has 2 fully saturated rings. The number of hydrogen-bond donors (Lipinski definition) is 3. The number of amides is 1. The van der Waals surface area contributed by atoms with E-state index in [2.05, 4.69) is 25.6 Å². The predicted molar refractivity (Wildman–Crippen MR) is 141 cm³/mol. The molecule has 4 aromatic rings. The third kappa shape index (κ3) is 4.90. The van der Waals surface area contributed by atoms with Crippen LogP contribution in [0.5, 0.6) is 0 Å². The van der Waals surface area contributed by atoms with Gasteiger partial charge in [0.2, 0.25) is 11.7 Å². The van der Waals surface area contributed by atoms with Crippen molar-refractivity contribution >= 4 is 37.5 Å². The van der Waals surface area contributed by atoms with Crippen molar-refractivity contribution in [1.82, 2.24) is 19.4 Å². The highest BCUT2D eigenvalue weighted by Gasteiger charge is 2.55. The van der Waals surface area contributed by atoms with Gasteiger partial charge in [-0.05, 0) is 31.5 Å². The SMILES string of the molecule is CNc1ccc(F)c(-c2cn3cc(NC(=O)C4C(N)C5CCOP54)cnc3n2)c1.Cc1nc(C)c(C=O)o1. The summed E-state index contributed by atoms with van der Waals surface area (Å²) in [4.78, 5) is 35.3. The zero-order valence-corrected chi connectivity index (χ0v) is 21.9. The maximum Gasteiger partial charge on any atom is 0.235 e. The van der Waals surface area contributed by atoms with E-state index in [0.717, 1.165) is 12.1 Å². The van der Waals surface area contributed by atoms with Gasteiger partial charge in [0.25, 0.3) is 0 Å². The summed E-state index contributed by atoms with van der Waals surface area (Å²) in [6.07, 6.45) is 6.53. The van der Waals surface area contributed by atoms with Crippen LogP contribution >= 0.6 is 8.15 Å². The number of anilines is 2. The largest absolute Gasteiger partial charge is 0.438 e. The van der Waals surface area contributed by atoms with E-state index in [1.165, 1.54) is 12.3 Å². The number of nitrogens with zero attached hydrogens (tertiary/aromatic N) is 4. The number of halogens is 1. The molecule has 0 radical (unpaired) electrons. The fourth-order valence-electron chi connectivity index (χ4n) is 4.55. The molecule has 38 heavy (non-hydrogen) atoms. The molecule has 0 saturated carbocycles. The maximum absolute atomic E-state index is 14.3. The van der Waals surface area contributed by atoms with E-state index in [1.807, 2.05) is 0 Å². The minimum Gasteiger partial charge on any atom is -0.438 e. The number of hydrogen-bond acceptors (Lipinski definition) is 9. The van der Waals surface area contributed by atoms with E-state index in [1.54, 1.807) is 49.8 Å². The van der Waals surface area contributed by atoms with Gasteiger partial charge in [-0.1, -0.05) is 0 Å². The molecule has 5 heterocycles. The normalized spacial score (nSPS) is 21.7. The highest BCUT2D eigenvalue weighted by molar-refractivity contribution is 7.57. The Hall–Kier alpha value is -3.73. The number of aromatic nitrogens is 4. The van der Waals surface area contributed by atoms with Gasteiger partial charge in [-0.15, -0.1) is 0 Å². The number of oxazole rings is 1. The van der Waals surface area contributed by atoms with Crippen molar-refractivity contribution in [2.45, 2.75) is 37.6 Å². The van der Waals surface area contributed by atoms with Crippen molar-refractivity contribution in [2.24, 2.45) is 5.73 Å². The number of nitrogens with one attached hydrogen (secondary N) is 2.